The van der Waals surface area contributed by atoms with Crippen LogP contribution in [0, 0.1) is 13.8 Å². The van der Waals surface area contributed by atoms with Crippen molar-refractivity contribution in [2.75, 3.05) is 13.7 Å². The number of carbonyl (C=O) groups is 2. The molecule has 2 N–H and O–H groups in total. The number of ether oxygens (including phenoxy) is 3. The van der Waals surface area contributed by atoms with Crippen molar-refractivity contribution in [2.45, 2.75) is 40.7 Å². The first-order valence-corrected chi connectivity index (χ1v) is 9.32. The first-order chi connectivity index (χ1) is 13.8. The van der Waals surface area contributed by atoms with Crippen LogP contribution in [0.3, 0.4) is 0 Å². The van der Waals surface area contributed by atoms with Crippen molar-refractivity contribution < 1.29 is 23.8 Å². The lowest BCUT2D eigenvalue weighted by Crippen LogP contribution is -2.18. The number of H-pyrrole nitrogens is 1. The number of aryl methyl sites for hydroxylation is 1. The number of rotatable bonds is 8. The monoisotopic (exact) mass is 401 g/mol. The fourth-order valence-corrected chi connectivity index (χ4v) is 2.79. The van der Waals surface area contributed by atoms with E-state index in [2.05, 4.69) is 15.5 Å². The molecule has 0 unspecified atom stereocenters. The number of nitrogens with zero attached hydrogens (tertiary/aromatic N) is 1. The van der Waals surface area contributed by atoms with Gasteiger partial charge in [-0.25, -0.2) is 10.2 Å². The second kappa shape index (κ2) is 9.77. The molecule has 0 radical (unpaired) electrons. The summed E-state index contributed by atoms with van der Waals surface area (Å²) in [4.78, 5) is 27.5. The third kappa shape index (κ3) is 5.37. The van der Waals surface area contributed by atoms with Crippen molar-refractivity contribution in [1.29, 1.82) is 0 Å². The molecule has 0 atom stereocenters. The lowest BCUT2D eigenvalue weighted by molar-refractivity contribution is 0.0524. The lowest BCUT2D eigenvalue weighted by Gasteiger charge is -2.14. The van der Waals surface area contributed by atoms with Gasteiger partial charge in [-0.2, -0.15) is 5.10 Å². The van der Waals surface area contributed by atoms with Crippen LogP contribution in [0.1, 0.15) is 58.4 Å². The van der Waals surface area contributed by atoms with Gasteiger partial charge in [0.15, 0.2) is 11.5 Å². The zero-order chi connectivity index (χ0) is 21.6. The van der Waals surface area contributed by atoms with Crippen LogP contribution in [-0.4, -0.2) is 42.9 Å². The Morgan fingerprint density at radius 2 is 1.97 bits per heavy atom. The highest BCUT2D eigenvalue weighted by Gasteiger charge is 2.18. The molecule has 2 rings (SSSR count). The summed E-state index contributed by atoms with van der Waals surface area (Å²) in [6.45, 7) is 9.44. The van der Waals surface area contributed by atoms with Crippen LogP contribution in [0.25, 0.3) is 0 Å². The highest BCUT2D eigenvalue weighted by atomic mass is 16.5. The molecule has 8 nitrogen and oxygen atoms in total. The van der Waals surface area contributed by atoms with Gasteiger partial charge in [-0.1, -0.05) is 0 Å². The predicted molar refractivity (Wildman–Crippen MR) is 110 cm³/mol. The minimum absolute atomic E-state index is 0.0137. The molecular formula is C21H27N3O5. The molecule has 0 spiro atoms. The fraction of sp³-hybridized carbons (Fsp3) is 0.381. The van der Waals surface area contributed by atoms with Crippen molar-refractivity contribution in [2.24, 2.45) is 5.10 Å². The average Bonchev–Trinajstić information content (AvgIpc) is 2.95. The van der Waals surface area contributed by atoms with E-state index in [1.165, 1.54) is 13.3 Å². The quantitative estimate of drug-likeness (QED) is 0.401. The lowest BCUT2D eigenvalue weighted by atomic mass is 10.1. The van der Waals surface area contributed by atoms with Crippen molar-refractivity contribution in [3.8, 4) is 11.5 Å². The van der Waals surface area contributed by atoms with Crippen molar-refractivity contribution >= 4 is 18.1 Å². The number of nitrogens with one attached hydrogen (secondary N) is 2. The van der Waals surface area contributed by atoms with Gasteiger partial charge in [-0.05, 0) is 58.4 Å². The molecule has 0 aliphatic rings. The zero-order valence-corrected chi connectivity index (χ0v) is 17.6. The van der Waals surface area contributed by atoms with Crippen LogP contribution in [-0.2, 0) is 4.74 Å². The van der Waals surface area contributed by atoms with E-state index < -0.39 is 11.9 Å². The number of methoxy groups -OCH3 is 1. The van der Waals surface area contributed by atoms with Crippen molar-refractivity contribution in [3.05, 3.63) is 46.3 Å². The van der Waals surface area contributed by atoms with Gasteiger partial charge in [0, 0.05) is 11.3 Å². The number of hydrogen-bond acceptors (Lipinski definition) is 6. The Labute approximate surface area is 170 Å². The number of hydrazone groups is 1. The van der Waals surface area contributed by atoms with Crippen LogP contribution >= 0.6 is 0 Å². The van der Waals surface area contributed by atoms with E-state index in [-0.39, 0.29) is 6.10 Å². The Hall–Kier alpha value is -3.29. The summed E-state index contributed by atoms with van der Waals surface area (Å²) >= 11 is 0. The molecule has 2 aromatic rings. The second-order valence-corrected chi connectivity index (χ2v) is 6.62. The SMILES string of the molecule is CCOC(=O)c1c(C)[nH]c(/C=N/NC(=O)c2ccc(OC(C)C)c(OC)c2)c1C. The average molecular weight is 401 g/mol. The number of hydrogen-bond donors (Lipinski definition) is 2. The van der Waals surface area contributed by atoms with Gasteiger partial charge in [-0.3, -0.25) is 4.79 Å². The largest absolute Gasteiger partial charge is 0.493 e. The van der Waals surface area contributed by atoms with E-state index in [9.17, 15) is 9.59 Å². The van der Waals surface area contributed by atoms with Gasteiger partial charge < -0.3 is 19.2 Å². The summed E-state index contributed by atoms with van der Waals surface area (Å²) in [6, 6.07) is 4.90. The Morgan fingerprint density at radius 3 is 2.59 bits per heavy atom. The summed E-state index contributed by atoms with van der Waals surface area (Å²) < 4.78 is 16.0. The van der Waals surface area contributed by atoms with Crippen LogP contribution in [0.4, 0.5) is 0 Å². The van der Waals surface area contributed by atoms with E-state index in [0.29, 0.717) is 46.2 Å². The molecule has 29 heavy (non-hydrogen) atoms. The first kappa shape index (κ1) is 22.0. The summed E-state index contributed by atoms with van der Waals surface area (Å²) in [5.41, 5.74) is 5.32. The minimum atomic E-state index is -0.401. The van der Waals surface area contributed by atoms with Gasteiger partial charge in [-0.15, -0.1) is 0 Å². The number of aromatic amines is 1. The van der Waals surface area contributed by atoms with Gasteiger partial charge in [0.2, 0.25) is 0 Å². The molecule has 8 heteroatoms. The van der Waals surface area contributed by atoms with Gasteiger partial charge >= 0.3 is 5.97 Å². The van der Waals surface area contributed by atoms with E-state index >= 15 is 0 Å². The molecule has 1 amide bonds. The Balaban J connectivity index is 2.12. The molecule has 1 heterocycles. The molecule has 1 aromatic heterocycles. The molecule has 0 saturated heterocycles. The number of esters is 1. The third-order valence-corrected chi connectivity index (χ3v) is 4.10. The van der Waals surface area contributed by atoms with Crippen LogP contribution in [0.15, 0.2) is 23.3 Å². The Kier molecular flexibility index (Phi) is 7.41. The number of aromatic nitrogens is 1. The second-order valence-electron chi connectivity index (χ2n) is 6.62. The molecule has 0 fully saturated rings. The zero-order valence-electron chi connectivity index (χ0n) is 17.6. The summed E-state index contributed by atoms with van der Waals surface area (Å²) in [5.74, 6) is 0.234. The minimum Gasteiger partial charge on any atom is -0.493 e. The topological polar surface area (TPSA) is 102 Å². The van der Waals surface area contributed by atoms with Gasteiger partial charge in [0.05, 0.1) is 37.3 Å². The molecule has 0 bridgehead atoms. The van der Waals surface area contributed by atoms with Crippen LogP contribution in [0.2, 0.25) is 0 Å². The third-order valence-electron chi connectivity index (χ3n) is 4.10. The highest BCUT2D eigenvalue weighted by Crippen LogP contribution is 2.29. The van der Waals surface area contributed by atoms with E-state index in [4.69, 9.17) is 14.2 Å². The maximum atomic E-state index is 12.4. The Bertz CT molecular complexity index is 915. The maximum Gasteiger partial charge on any atom is 0.340 e. The van der Waals surface area contributed by atoms with E-state index in [1.807, 2.05) is 13.8 Å². The molecule has 156 valence electrons. The molecule has 0 aliphatic heterocycles. The number of amides is 1. The number of benzene rings is 1. The maximum absolute atomic E-state index is 12.4. The van der Waals surface area contributed by atoms with Crippen molar-refractivity contribution in [3.63, 3.8) is 0 Å². The highest BCUT2D eigenvalue weighted by molar-refractivity contribution is 5.97. The molecular weight excluding hydrogens is 374 g/mol. The fourth-order valence-electron chi connectivity index (χ4n) is 2.79. The van der Waals surface area contributed by atoms with Crippen molar-refractivity contribution in [1.82, 2.24) is 10.4 Å². The van der Waals surface area contributed by atoms with E-state index in [0.717, 1.165) is 0 Å². The Morgan fingerprint density at radius 1 is 1.24 bits per heavy atom. The number of carbonyl (C=O) groups excluding carboxylic acids is 2. The summed E-state index contributed by atoms with van der Waals surface area (Å²) in [6.07, 6.45) is 1.44. The smallest absolute Gasteiger partial charge is 0.340 e. The summed E-state index contributed by atoms with van der Waals surface area (Å²) in [7, 11) is 1.51. The molecule has 1 aromatic carbocycles. The van der Waals surface area contributed by atoms with Crippen LogP contribution in [0.5, 0.6) is 11.5 Å². The van der Waals surface area contributed by atoms with Crippen LogP contribution < -0.4 is 14.9 Å². The normalized spacial score (nSPS) is 11.0. The molecule has 0 saturated carbocycles. The standard InChI is InChI=1S/C21H27N3O5/c1-7-28-21(26)19-13(4)16(23-14(19)5)11-22-24-20(25)15-8-9-17(29-12(2)3)18(10-15)27-6/h8-12,23H,7H2,1-6H3,(H,24,25)/b22-11+. The summed E-state index contributed by atoms with van der Waals surface area (Å²) in [5, 5.41) is 3.98. The molecule has 0 aliphatic carbocycles. The van der Waals surface area contributed by atoms with Gasteiger partial charge in [0.1, 0.15) is 0 Å². The van der Waals surface area contributed by atoms with E-state index in [1.54, 1.807) is 39.0 Å². The van der Waals surface area contributed by atoms with Gasteiger partial charge in [0.25, 0.3) is 5.91 Å². The first-order valence-electron chi connectivity index (χ1n) is 9.32. The predicted octanol–water partition coefficient (Wildman–Crippen LogP) is 3.37.